The Hall–Kier alpha value is -2.09. The molecular formula is C17H16O2. The third kappa shape index (κ3) is 2.03. The molecule has 0 spiro atoms. The Bertz CT molecular complexity index is 656. The SMILES string of the molecule is COc1ccc2c(c1)CCc1cc(C)ccc1C2=O. The number of ketones is 1. The Morgan fingerprint density at radius 2 is 1.58 bits per heavy atom. The molecule has 1 aliphatic carbocycles. The van der Waals surface area contributed by atoms with Gasteiger partial charge in [0.1, 0.15) is 5.75 Å². The lowest BCUT2D eigenvalue weighted by atomic mass is 9.97. The van der Waals surface area contributed by atoms with Gasteiger partial charge in [-0.05, 0) is 49.1 Å². The predicted octanol–water partition coefficient (Wildman–Crippen LogP) is 3.33. The highest BCUT2D eigenvalue weighted by Crippen LogP contribution is 2.27. The summed E-state index contributed by atoms with van der Waals surface area (Å²) in [5.74, 6) is 0.943. The quantitative estimate of drug-likeness (QED) is 0.778. The van der Waals surface area contributed by atoms with Crippen molar-refractivity contribution in [1.82, 2.24) is 0 Å². The number of ether oxygens (including phenoxy) is 1. The number of methoxy groups -OCH3 is 1. The molecule has 0 N–H and O–H groups in total. The van der Waals surface area contributed by atoms with E-state index >= 15 is 0 Å². The van der Waals surface area contributed by atoms with Crippen molar-refractivity contribution in [3.05, 3.63) is 64.2 Å². The number of aryl methyl sites for hydroxylation is 3. The maximum absolute atomic E-state index is 12.6. The predicted molar refractivity (Wildman–Crippen MR) is 75.0 cm³/mol. The van der Waals surface area contributed by atoms with E-state index in [1.807, 2.05) is 30.3 Å². The van der Waals surface area contributed by atoms with E-state index in [-0.39, 0.29) is 5.78 Å². The van der Waals surface area contributed by atoms with E-state index in [0.29, 0.717) is 0 Å². The van der Waals surface area contributed by atoms with Gasteiger partial charge < -0.3 is 4.74 Å². The van der Waals surface area contributed by atoms with Gasteiger partial charge in [0.25, 0.3) is 0 Å². The molecule has 0 saturated carbocycles. The van der Waals surface area contributed by atoms with Crippen LogP contribution in [0.4, 0.5) is 0 Å². The fourth-order valence-corrected chi connectivity index (χ4v) is 2.69. The molecule has 0 fully saturated rings. The maximum atomic E-state index is 12.6. The lowest BCUT2D eigenvalue weighted by Gasteiger charge is -2.07. The number of benzene rings is 2. The molecular weight excluding hydrogens is 236 g/mol. The van der Waals surface area contributed by atoms with Crippen LogP contribution in [0.1, 0.15) is 32.6 Å². The summed E-state index contributed by atoms with van der Waals surface area (Å²) < 4.78 is 5.24. The molecule has 19 heavy (non-hydrogen) atoms. The molecule has 2 aromatic rings. The van der Waals surface area contributed by atoms with Gasteiger partial charge in [-0.2, -0.15) is 0 Å². The van der Waals surface area contributed by atoms with E-state index in [2.05, 4.69) is 13.0 Å². The topological polar surface area (TPSA) is 26.3 Å². The van der Waals surface area contributed by atoms with Crippen molar-refractivity contribution in [3.8, 4) is 5.75 Å². The lowest BCUT2D eigenvalue weighted by molar-refractivity contribution is 0.103. The summed E-state index contributed by atoms with van der Waals surface area (Å²) in [7, 11) is 1.65. The van der Waals surface area contributed by atoms with Crippen molar-refractivity contribution in [2.24, 2.45) is 0 Å². The first kappa shape index (κ1) is 12.0. The van der Waals surface area contributed by atoms with Gasteiger partial charge in [-0.25, -0.2) is 0 Å². The summed E-state index contributed by atoms with van der Waals surface area (Å²) in [4.78, 5) is 12.6. The van der Waals surface area contributed by atoms with E-state index in [4.69, 9.17) is 4.74 Å². The molecule has 0 bridgehead atoms. The van der Waals surface area contributed by atoms with Crippen LogP contribution in [0.2, 0.25) is 0 Å². The van der Waals surface area contributed by atoms with Crippen LogP contribution in [-0.2, 0) is 12.8 Å². The number of rotatable bonds is 1. The first-order chi connectivity index (χ1) is 9.19. The zero-order valence-corrected chi connectivity index (χ0v) is 11.2. The van der Waals surface area contributed by atoms with Gasteiger partial charge in [-0.15, -0.1) is 0 Å². The number of carbonyl (C=O) groups is 1. The molecule has 0 heterocycles. The Labute approximate surface area is 113 Å². The van der Waals surface area contributed by atoms with E-state index in [9.17, 15) is 4.79 Å². The summed E-state index contributed by atoms with van der Waals surface area (Å²) >= 11 is 0. The van der Waals surface area contributed by atoms with E-state index in [0.717, 1.165) is 40.8 Å². The Morgan fingerprint density at radius 1 is 0.947 bits per heavy atom. The normalized spacial score (nSPS) is 13.5. The molecule has 0 radical (unpaired) electrons. The van der Waals surface area contributed by atoms with Crippen molar-refractivity contribution in [3.63, 3.8) is 0 Å². The smallest absolute Gasteiger partial charge is 0.193 e. The molecule has 2 nitrogen and oxygen atoms in total. The zero-order chi connectivity index (χ0) is 13.4. The van der Waals surface area contributed by atoms with Crippen molar-refractivity contribution in [1.29, 1.82) is 0 Å². The molecule has 1 aliphatic rings. The van der Waals surface area contributed by atoms with Gasteiger partial charge in [-0.1, -0.05) is 23.8 Å². The minimum absolute atomic E-state index is 0.130. The minimum Gasteiger partial charge on any atom is -0.497 e. The zero-order valence-electron chi connectivity index (χ0n) is 11.2. The van der Waals surface area contributed by atoms with Crippen LogP contribution in [0.3, 0.4) is 0 Å². The Kier molecular flexibility index (Phi) is 2.86. The first-order valence-electron chi connectivity index (χ1n) is 6.50. The van der Waals surface area contributed by atoms with Crippen LogP contribution in [0.15, 0.2) is 36.4 Å². The molecule has 2 heteroatoms. The summed E-state index contributed by atoms with van der Waals surface area (Å²) in [6.07, 6.45) is 1.79. The molecule has 0 aromatic heterocycles. The molecule has 2 aromatic carbocycles. The molecule has 0 amide bonds. The van der Waals surface area contributed by atoms with Gasteiger partial charge >= 0.3 is 0 Å². The van der Waals surface area contributed by atoms with Crippen molar-refractivity contribution in [2.75, 3.05) is 7.11 Å². The van der Waals surface area contributed by atoms with Crippen LogP contribution in [0.25, 0.3) is 0 Å². The van der Waals surface area contributed by atoms with Gasteiger partial charge in [0.2, 0.25) is 0 Å². The monoisotopic (exact) mass is 252 g/mol. The summed E-state index contributed by atoms with van der Waals surface area (Å²) in [5.41, 5.74) is 5.09. The molecule has 0 aliphatic heterocycles. The van der Waals surface area contributed by atoms with Crippen LogP contribution in [0, 0.1) is 6.92 Å². The van der Waals surface area contributed by atoms with Crippen LogP contribution in [-0.4, -0.2) is 12.9 Å². The number of hydrogen-bond donors (Lipinski definition) is 0. The molecule has 0 saturated heterocycles. The van der Waals surface area contributed by atoms with E-state index < -0.39 is 0 Å². The highest BCUT2D eigenvalue weighted by Gasteiger charge is 2.21. The number of hydrogen-bond acceptors (Lipinski definition) is 2. The van der Waals surface area contributed by atoms with Crippen LogP contribution in [0.5, 0.6) is 5.75 Å². The standard InChI is InChI=1S/C17H16O2/c1-11-3-7-15-12(9-11)4-5-13-10-14(19-2)6-8-16(13)17(15)18/h3,6-10H,4-5H2,1-2H3. The third-order valence-corrected chi connectivity index (χ3v) is 3.73. The molecule has 3 rings (SSSR count). The largest absolute Gasteiger partial charge is 0.497 e. The van der Waals surface area contributed by atoms with E-state index in [1.54, 1.807) is 7.11 Å². The second-order valence-corrected chi connectivity index (χ2v) is 5.01. The van der Waals surface area contributed by atoms with Crippen molar-refractivity contribution >= 4 is 5.78 Å². The average molecular weight is 252 g/mol. The summed E-state index contributed by atoms with van der Waals surface area (Å²) in [6, 6.07) is 11.8. The number of fused-ring (bicyclic) bond motifs is 2. The molecule has 96 valence electrons. The van der Waals surface area contributed by atoms with Gasteiger partial charge in [0.15, 0.2) is 5.78 Å². The van der Waals surface area contributed by atoms with Crippen molar-refractivity contribution < 1.29 is 9.53 Å². The lowest BCUT2D eigenvalue weighted by Crippen LogP contribution is -2.04. The van der Waals surface area contributed by atoms with Gasteiger partial charge in [-0.3, -0.25) is 4.79 Å². The Morgan fingerprint density at radius 3 is 2.26 bits per heavy atom. The van der Waals surface area contributed by atoms with Crippen LogP contribution < -0.4 is 4.74 Å². The van der Waals surface area contributed by atoms with Crippen LogP contribution >= 0.6 is 0 Å². The summed E-state index contributed by atoms with van der Waals surface area (Å²) in [5, 5.41) is 0. The highest BCUT2D eigenvalue weighted by atomic mass is 16.5. The van der Waals surface area contributed by atoms with Crippen molar-refractivity contribution in [2.45, 2.75) is 19.8 Å². The second kappa shape index (κ2) is 4.54. The highest BCUT2D eigenvalue weighted by molar-refractivity contribution is 6.11. The van der Waals surface area contributed by atoms with Gasteiger partial charge in [0.05, 0.1) is 7.11 Å². The fraction of sp³-hybridized carbons (Fsp3) is 0.235. The fourth-order valence-electron chi connectivity index (χ4n) is 2.69. The summed E-state index contributed by atoms with van der Waals surface area (Å²) in [6.45, 7) is 2.06. The molecule has 0 unspecified atom stereocenters. The maximum Gasteiger partial charge on any atom is 0.193 e. The first-order valence-corrected chi connectivity index (χ1v) is 6.50. The Balaban J connectivity index is 2.13. The third-order valence-electron chi connectivity index (χ3n) is 3.73. The van der Waals surface area contributed by atoms with E-state index in [1.165, 1.54) is 5.56 Å². The average Bonchev–Trinajstić information content (AvgIpc) is 2.56. The van der Waals surface area contributed by atoms with Gasteiger partial charge in [0, 0.05) is 11.1 Å². The minimum atomic E-state index is 0.130. The number of carbonyl (C=O) groups excluding carboxylic acids is 1. The second-order valence-electron chi connectivity index (χ2n) is 5.01. The molecule has 0 atom stereocenters.